The standard InChI is InChI=1S/C15H24O/c1-10(2)12-8-13-11(3)6-5-7-15(13,4)14(16)9-12/h13-14,16H,3,5-9H2,1-2,4H3. The Morgan fingerprint density at radius 3 is 2.69 bits per heavy atom. The lowest BCUT2D eigenvalue weighted by molar-refractivity contribution is -0.0305. The summed E-state index contributed by atoms with van der Waals surface area (Å²) in [5.74, 6) is 0.509. The normalized spacial score (nSPS) is 39.5. The molecule has 0 aromatic heterocycles. The molecule has 1 N–H and O–H groups in total. The van der Waals surface area contributed by atoms with Crippen molar-refractivity contribution >= 4 is 0 Å². The first kappa shape index (κ1) is 11.9. The van der Waals surface area contributed by atoms with Gasteiger partial charge in [0.2, 0.25) is 0 Å². The van der Waals surface area contributed by atoms with E-state index in [0.29, 0.717) is 5.92 Å². The van der Waals surface area contributed by atoms with Crippen molar-refractivity contribution in [3.63, 3.8) is 0 Å². The maximum atomic E-state index is 10.4. The predicted molar refractivity (Wildman–Crippen MR) is 68.2 cm³/mol. The van der Waals surface area contributed by atoms with Gasteiger partial charge in [0.1, 0.15) is 0 Å². The van der Waals surface area contributed by atoms with Crippen LogP contribution in [0.4, 0.5) is 0 Å². The molecule has 0 amide bonds. The van der Waals surface area contributed by atoms with E-state index in [0.717, 1.165) is 25.7 Å². The molecule has 2 aliphatic carbocycles. The summed E-state index contributed by atoms with van der Waals surface area (Å²) >= 11 is 0. The Bertz CT molecular complexity index is 335. The maximum absolute atomic E-state index is 10.4. The molecule has 1 heteroatoms. The second kappa shape index (κ2) is 4.03. The number of hydrogen-bond acceptors (Lipinski definition) is 1. The highest BCUT2D eigenvalue weighted by atomic mass is 16.3. The van der Waals surface area contributed by atoms with E-state index >= 15 is 0 Å². The second-order valence-corrected chi connectivity index (χ2v) is 6.10. The van der Waals surface area contributed by atoms with Gasteiger partial charge in [-0.15, -0.1) is 0 Å². The van der Waals surface area contributed by atoms with Gasteiger partial charge >= 0.3 is 0 Å². The van der Waals surface area contributed by atoms with Crippen LogP contribution in [0.2, 0.25) is 0 Å². The fourth-order valence-corrected chi connectivity index (χ4v) is 3.49. The Labute approximate surface area is 99.3 Å². The highest BCUT2D eigenvalue weighted by Gasteiger charge is 2.47. The van der Waals surface area contributed by atoms with Crippen molar-refractivity contribution in [3.05, 3.63) is 23.3 Å². The number of aliphatic hydroxyl groups is 1. The summed E-state index contributed by atoms with van der Waals surface area (Å²) in [6.07, 6.45) is 5.36. The molecule has 2 saturated carbocycles. The zero-order valence-corrected chi connectivity index (χ0v) is 10.8. The van der Waals surface area contributed by atoms with Gasteiger partial charge in [-0.25, -0.2) is 0 Å². The highest BCUT2D eigenvalue weighted by molar-refractivity contribution is 5.24. The molecule has 0 aliphatic heterocycles. The topological polar surface area (TPSA) is 20.2 Å². The number of allylic oxidation sites excluding steroid dienone is 2. The maximum Gasteiger partial charge on any atom is 0.0636 e. The lowest BCUT2D eigenvalue weighted by Crippen LogP contribution is -2.46. The van der Waals surface area contributed by atoms with Crippen LogP contribution in [0.15, 0.2) is 23.3 Å². The van der Waals surface area contributed by atoms with Crippen molar-refractivity contribution < 1.29 is 5.11 Å². The fraction of sp³-hybridized carbons (Fsp3) is 0.733. The molecule has 1 nitrogen and oxygen atoms in total. The average molecular weight is 220 g/mol. The number of rotatable bonds is 0. The third-order valence-corrected chi connectivity index (χ3v) is 4.86. The minimum absolute atomic E-state index is 0.0916. The van der Waals surface area contributed by atoms with E-state index in [1.807, 2.05) is 0 Å². The summed E-state index contributed by atoms with van der Waals surface area (Å²) in [4.78, 5) is 0. The van der Waals surface area contributed by atoms with Crippen molar-refractivity contribution in [1.82, 2.24) is 0 Å². The van der Waals surface area contributed by atoms with Gasteiger partial charge in [0.05, 0.1) is 6.10 Å². The first-order chi connectivity index (χ1) is 7.45. The van der Waals surface area contributed by atoms with Crippen LogP contribution in [-0.4, -0.2) is 11.2 Å². The van der Waals surface area contributed by atoms with Crippen molar-refractivity contribution in [2.45, 2.75) is 59.0 Å². The van der Waals surface area contributed by atoms with Gasteiger partial charge < -0.3 is 5.11 Å². The largest absolute Gasteiger partial charge is 0.392 e. The Hall–Kier alpha value is -0.560. The quantitative estimate of drug-likeness (QED) is 0.615. The summed E-state index contributed by atoms with van der Waals surface area (Å²) in [5.41, 5.74) is 4.30. The van der Waals surface area contributed by atoms with Crippen LogP contribution in [0.25, 0.3) is 0 Å². The summed E-state index contributed by atoms with van der Waals surface area (Å²) < 4.78 is 0. The smallest absolute Gasteiger partial charge is 0.0636 e. The molecular weight excluding hydrogens is 196 g/mol. The molecule has 2 aliphatic rings. The van der Waals surface area contributed by atoms with Gasteiger partial charge in [0, 0.05) is 5.41 Å². The summed E-state index contributed by atoms with van der Waals surface area (Å²) in [6, 6.07) is 0. The minimum Gasteiger partial charge on any atom is -0.392 e. The molecule has 0 spiro atoms. The van der Waals surface area contributed by atoms with E-state index in [1.165, 1.54) is 23.1 Å². The van der Waals surface area contributed by atoms with Gasteiger partial charge in [0.25, 0.3) is 0 Å². The van der Waals surface area contributed by atoms with Crippen molar-refractivity contribution in [2.24, 2.45) is 11.3 Å². The monoisotopic (exact) mass is 220 g/mol. The Kier molecular flexibility index (Phi) is 3.00. The molecule has 0 saturated heterocycles. The molecule has 0 aromatic carbocycles. The number of hydrogen-bond donors (Lipinski definition) is 1. The second-order valence-electron chi connectivity index (χ2n) is 6.10. The summed E-state index contributed by atoms with van der Waals surface area (Å²) in [5, 5.41) is 10.4. The molecule has 2 fully saturated rings. The molecule has 0 radical (unpaired) electrons. The zero-order valence-electron chi connectivity index (χ0n) is 10.8. The third kappa shape index (κ3) is 1.75. The fourth-order valence-electron chi connectivity index (χ4n) is 3.49. The summed E-state index contributed by atoms with van der Waals surface area (Å²) in [6.45, 7) is 10.8. The number of aliphatic hydroxyl groups excluding tert-OH is 1. The molecule has 0 heterocycles. The lowest BCUT2D eigenvalue weighted by atomic mass is 9.56. The molecule has 0 bridgehead atoms. The molecule has 3 atom stereocenters. The minimum atomic E-state index is -0.173. The first-order valence-corrected chi connectivity index (χ1v) is 6.46. The van der Waals surface area contributed by atoms with E-state index in [2.05, 4.69) is 27.4 Å². The third-order valence-electron chi connectivity index (χ3n) is 4.86. The number of fused-ring (bicyclic) bond motifs is 1. The zero-order chi connectivity index (χ0) is 11.9. The van der Waals surface area contributed by atoms with Crippen LogP contribution in [0.3, 0.4) is 0 Å². The Morgan fingerprint density at radius 1 is 1.38 bits per heavy atom. The molecule has 90 valence electrons. The molecule has 3 unspecified atom stereocenters. The molecule has 2 rings (SSSR count). The average Bonchev–Trinajstić information content (AvgIpc) is 2.20. The van der Waals surface area contributed by atoms with Crippen LogP contribution in [0, 0.1) is 11.3 Å². The Morgan fingerprint density at radius 2 is 2.06 bits per heavy atom. The van der Waals surface area contributed by atoms with Gasteiger partial charge in [-0.2, -0.15) is 0 Å². The van der Waals surface area contributed by atoms with Crippen molar-refractivity contribution in [3.8, 4) is 0 Å². The van der Waals surface area contributed by atoms with Crippen LogP contribution < -0.4 is 0 Å². The van der Waals surface area contributed by atoms with Crippen LogP contribution in [0.1, 0.15) is 52.9 Å². The predicted octanol–water partition coefficient (Wildman–Crippen LogP) is 3.84. The van der Waals surface area contributed by atoms with E-state index in [1.54, 1.807) is 0 Å². The van der Waals surface area contributed by atoms with Gasteiger partial charge in [0.15, 0.2) is 0 Å². The van der Waals surface area contributed by atoms with Crippen LogP contribution >= 0.6 is 0 Å². The first-order valence-electron chi connectivity index (χ1n) is 6.46. The van der Waals surface area contributed by atoms with E-state index in [-0.39, 0.29) is 11.5 Å². The van der Waals surface area contributed by atoms with E-state index in [4.69, 9.17) is 0 Å². The SMILES string of the molecule is C=C1CCCC2(C)C(O)CC(=C(C)C)CC12. The van der Waals surface area contributed by atoms with Gasteiger partial charge in [-0.1, -0.05) is 30.2 Å². The molecular formula is C15H24O. The Balaban J connectivity index is 2.32. The van der Waals surface area contributed by atoms with Gasteiger partial charge in [-0.3, -0.25) is 0 Å². The van der Waals surface area contributed by atoms with Crippen molar-refractivity contribution in [1.29, 1.82) is 0 Å². The van der Waals surface area contributed by atoms with Crippen LogP contribution in [-0.2, 0) is 0 Å². The van der Waals surface area contributed by atoms with E-state index in [9.17, 15) is 5.11 Å². The van der Waals surface area contributed by atoms with Gasteiger partial charge in [-0.05, 0) is 51.9 Å². The summed E-state index contributed by atoms with van der Waals surface area (Å²) in [7, 11) is 0. The molecule has 16 heavy (non-hydrogen) atoms. The highest BCUT2D eigenvalue weighted by Crippen LogP contribution is 2.53. The molecule has 0 aromatic rings. The lowest BCUT2D eigenvalue weighted by Gasteiger charge is -2.50. The van der Waals surface area contributed by atoms with Crippen molar-refractivity contribution in [2.75, 3.05) is 0 Å². The van der Waals surface area contributed by atoms with Crippen LogP contribution in [0.5, 0.6) is 0 Å². The van der Waals surface area contributed by atoms with E-state index < -0.39 is 0 Å².